The highest BCUT2D eigenvalue weighted by Crippen LogP contribution is 2.31. The van der Waals surface area contributed by atoms with Gasteiger partial charge in [0.15, 0.2) is 22.5 Å². The molecule has 3 aromatic carbocycles. The second-order valence-electron chi connectivity index (χ2n) is 9.37. The van der Waals surface area contributed by atoms with Gasteiger partial charge in [-0.3, -0.25) is 9.59 Å². The van der Waals surface area contributed by atoms with Gasteiger partial charge < -0.3 is 15.4 Å². The van der Waals surface area contributed by atoms with E-state index < -0.39 is 56.5 Å². The Bertz CT molecular complexity index is 1820. The number of fused-ring (bicyclic) bond motifs is 1. The first kappa shape index (κ1) is 29.9. The summed E-state index contributed by atoms with van der Waals surface area (Å²) in [6.45, 7) is 0.131. The quantitative estimate of drug-likeness (QED) is 0.255. The number of carbonyl (C=O) groups is 2. The molecular formula is C27H22BrF3N4O5S2. The van der Waals surface area contributed by atoms with Gasteiger partial charge in [-0.05, 0) is 77.3 Å². The van der Waals surface area contributed by atoms with Gasteiger partial charge in [-0.25, -0.2) is 26.6 Å². The molecule has 0 spiro atoms. The van der Waals surface area contributed by atoms with Crippen LogP contribution in [0.1, 0.15) is 23.2 Å². The van der Waals surface area contributed by atoms with Crippen LogP contribution in [-0.2, 0) is 14.8 Å². The van der Waals surface area contributed by atoms with E-state index in [9.17, 15) is 31.2 Å². The second-order valence-corrected chi connectivity index (χ2v) is 13.2. The van der Waals surface area contributed by atoms with Crippen molar-refractivity contribution in [3.63, 3.8) is 0 Å². The van der Waals surface area contributed by atoms with Gasteiger partial charge in [-0.2, -0.15) is 4.31 Å². The van der Waals surface area contributed by atoms with Gasteiger partial charge in [0, 0.05) is 18.8 Å². The van der Waals surface area contributed by atoms with E-state index in [0.717, 1.165) is 36.6 Å². The van der Waals surface area contributed by atoms with Crippen molar-refractivity contribution < 1.29 is 35.9 Å². The molecule has 2 heterocycles. The number of thiazole rings is 1. The molecule has 1 aliphatic heterocycles. The fourth-order valence-corrected chi connectivity index (χ4v) is 7.21. The summed E-state index contributed by atoms with van der Waals surface area (Å²) < 4.78 is 75.0. The lowest BCUT2D eigenvalue weighted by atomic mass is 9.99. The van der Waals surface area contributed by atoms with Crippen molar-refractivity contribution in [1.82, 2.24) is 9.29 Å². The van der Waals surface area contributed by atoms with E-state index in [4.69, 9.17) is 0 Å². The summed E-state index contributed by atoms with van der Waals surface area (Å²) in [4.78, 5) is 29.9. The highest BCUT2D eigenvalue weighted by Gasteiger charge is 2.34. The van der Waals surface area contributed by atoms with E-state index >= 15 is 0 Å². The summed E-state index contributed by atoms with van der Waals surface area (Å²) in [5.74, 6) is -5.31. The molecule has 220 valence electrons. The Balaban J connectivity index is 1.27. The van der Waals surface area contributed by atoms with Crippen molar-refractivity contribution in [2.75, 3.05) is 30.8 Å². The van der Waals surface area contributed by atoms with Crippen molar-refractivity contribution in [3.8, 4) is 5.75 Å². The maximum absolute atomic E-state index is 14.5. The van der Waals surface area contributed by atoms with Gasteiger partial charge in [0.25, 0.3) is 5.91 Å². The highest BCUT2D eigenvalue weighted by molar-refractivity contribution is 9.10. The van der Waals surface area contributed by atoms with Crippen LogP contribution in [0, 0.1) is 23.4 Å². The van der Waals surface area contributed by atoms with Crippen molar-refractivity contribution in [2.24, 2.45) is 5.92 Å². The van der Waals surface area contributed by atoms with Gasteiger partial charge in [0.1, 0.15) is 5.82 Å². The monoisotopic (exact) mass is 682 g/mol. The molecule has 4 aromatic rings. The lowest BCUT2D eigenvalue weighted by Gasteiger charge is -2.31. The number of amides is 2. The van der Waals surface area contributed by atoms with Crippen molar-refractivity contribution in [2.45, 2.75) is 17.7 Å². The van der Waals surface area contributed by atoms with Crippen LogP contribution in [0.4, 0.5) is 24.0 Å². The molecule has 1 saturated heterocycles. The van der Waals surface area contributed by atoms with Crippen LogP contribution >= 0.6 is 27.3 Å². The summed E-state index contributed by atoms with van der Waals surface area (Å²) in [5.41, 5.74) is 0.432. The zero-order chi connectivity index (χ0) is 30.2. The zero-order valence-corrected chi connectivity index (χ0v) is 25.0. The molecule has 0 aliphatic carbocycles. The summed E-state index contributed by atoms with van der Waals surface area (Å²) >= 11 is 4.14. The van der Waals surface area contributed by atoms with Crippen LogP contribution in [0.5, 0.6) is 5.75 Å². The maximum atomic E-state index is 14.5. The van der Waals surface area contributed by atoms with Crippen molar-refractivity contribution in [1.29, 1.82) is 0 Å². The minimum atomic E-state index is -4.01. The molecule has 42 heavy (non-hydrogen) atoms. The summed E-state index contributed by atoms with van der Waals surface area (Å²) in [6.07, 6.45) is 0.901. The number of hydrogen-bond donors (Lipinski definition) is 2. The molecule has 2 amide bonds. The third-order valence-corrected chi connectivity index (χ3v) is 10.1. The fourth-order valence-electron chi connectivity index (χ4n) is 4.52. The van der Waals surface area contributed by atoms with E-state index in [2.05, 4.69) is 36.3 Å². The molecule has 1 unspecified atom stereocenters. The van der Waals surface area contributed by atoms with Crippen LogP contribution in [0.2, 0.25) is 0 Å². The van der Waals surface area contributed by atoms with Crippen molar-refractivity contribution >= 4 is 70.1 Å². The number of aromatic nitrogens is 1. The predicted octanol–water partition coefficient (Wildman–Crippen LogP) is 5.78. The molecule has 1 aliphatic rings. The van der Waals surface area contributed by atoms with E-state index in [1.807, 2.05) is 0 Å². The number of anilines is 2. The summed E-state index contributed by atoms with van der Waals surface area (Å²) in [5, 5.41) is 5.55. The largest absolute Gasteiger partial charge is 0.491 e. The number of carbonyl (C=O) groups excluding carboxylic acids is 2. The van der Waals surface area contributed by atoms with Crippen LogP contribution in [0.15, 0.2) is 57.9 Å². The highest BCUT2D eigenvalue weighted by atomic mass is 79.9. The van der Waals surface area contributed by atoms with Crippen molar-refractivity contribution in [3.05, 3.63) is 76.0 Å². The Kier molecular flexibility index (Phi) is 8.55. The minimum absolute atomic E-state index is 0.0718. The third kappa shape index (κ3) is 6.00. The Morgan fingerprint density at radius 2 is 1.86 bits per heavy atom. The van der Waals surface area contributed by atoms with Gasteiger partial charge in [0.2, 0.25) is 15.9 Å². The molecule has 9 nitrogen and oxygen atoms in total. The molecule has 1 aromatic heterocycles. The second kappa shape index (κ2) is 12.0. The first-order valence-corrected chi connectivity index (χ1v) is 15.5. The topological polar surface area (TPSA) is 118 Å². The zero-order valence-electron chi connectivity index (χ0n) is 21.8. The molecule has 2 N–H and O–H groups in total. The maximum Gasteiger partial charge on any atom is 0.258 e. The molecule has 0 radical (unpaired) electrons. The number of halogens is 4. The number of benzene rings is 3. The molecular weight excluding hydrogens is 661 g/mol. The summed E-state index contributed by atoms with van der Waals surface area (Å²) in [6, 6.07) is 10.2. The summed E-state index contributed by atoms with van der Waals surface area (Å²) in [7, 11) is -2.92. The first-order chi connectivity index (χ1) is 20.0. The number of methoxy groups -OCH3 is 1. The van der Waals surface area contributed by atoms with Crippen LogP contribution in [0.3, 0.4) is 0 Å². The Labute approximate surface area is 250 Å². The van der Waals surface area contributed by atoms with E-state index in [1.54, 1.807) is 18.2 Å². The third-order valence-electron chi connectivity index (χ3n) is 6.66. The predicted molar refractivity (Wildman–Crippen MR) is 155 cm³/mol. The van der Waals surface area contributed by atoms with Crippen LogP contribution in [-0.4, -0.2) is 49.7 Å². The number of nitrogens with one attached hydrogen (secondary N) is 2. The van der Waals surface area contributed by atoms with E-state index in [-0.39, 0.29) is 27.6 Å². The van der Waals surface area contributed by atoms with Crippen LogP contribution < -0.4 is 15.4 Å². The number of hydrogen-bond acceptors (Lipinski definition) is 7. The van der Waals surface area contributed by atoms with Gasteiger partial charge in [-0.15, -0.1) is 0 Å². The molecule has 1 atom stereocenters. The van der Waals surface area contributed by atoms with E-state index in [1.165, 1.54) is 16.4 Å². The minimum Gasteiger partial charge on any atom is -0.491 e. The molecule has 5 rings (SSSR count). The number of rotatable bonds is 7. The van der Waals surface area contributed by atoms with Gasteiger partial charge >= 0.3 is 0 Å². The number of piperidine rings is 1. The van der Waals surface area contributed by atoms with Gasteiger partial charge in [-0.1, -0.05) is 11.3 Å². The Morgan fingerprint density at radius 1 is 1.07 bits per heavy atom. The average molecular weight is 684 g/mol. The normalized spacial score (nSPS) is 15.9. The number of nitrogens with zero attached hydrogens (tertiary/aromatic N) is 2. The number of sulfonamides is 1. The smallest absolute Gasteiger partial charge is 0.258 e. The van der Waals surface area contributed by atoms with E-state index in [0.29, 0.717) is 28.7 Å². The standard InChI is InChI=1S/C27H22BrF3N4O5S2/c1-40-24-19(29)8-6-17(23(24)31)26(37)32-15-4-9-21-22(11-15)41-27(33-21)34-25(36)14-3-2-10-35(13-14)42(38,39)16-5-7-18(28)20(30)12-16/h4-9,11-12,14H,2-3,10,13H2,1H3,(H,32,37)(H,33,34,36). The molecule has 0 bridgehead atoms. The SMILES string of the molecule is COc1c(F)ccc(C(=O)Nc2ccc3nc(NC(=O)C4CCCN(S(=O)(=O)c5ccc(Br)c(F)c5)C4)sc3c2)c1F. The number of ether oxygens (including phenoxy) is 1. The lowest BCUT2D eigenvalue weighted by molar-refractivity contribution is -0.120. The van der Waals surface area contributed by atoms with Crippen LogP contribution in [0.25, 0.3) is 10.2 Å². The Morgan fingerprint density at radius 3 is 2.60 bits per heavy atom. The van der Waals surface area contributed by atoms with Gasteiger partial charge in [0.05, 0.1) is 38.2 Å². The average Bonchev–Trinajstić information content (AvgIpc) is 3.36. The first-order valence-electron chi connectivity index (χ1n) is 12.5. The Hall–Kier alpha value is -3.53. The molecule has 1 fully saturated rings. The fraction of sp³-hybridized carbons (Fsp3) is 0.222. The molecule has 0 saturated carbocycles. The lowest BCUT2D eigenvalue weighted by Crippen LogP contribution is -2.43. The molecule has 15 heteroatoms.